The lowest BCUT2D eigenvalue weighted by Gasteiger charge is -2.10. The number of nitrogens with one attached hydrogen (secondary N) is 1. The third kappa shape index (κ3) is 4.94. The molecule has 0 saturated carbocycles. The van der Waals surface area contributed by atoms with Crippen LogP contribution in [-0.4, -0.2) is 34.3 Å². The summed E-state index contributed by atoms with van der Waals surface area (Å²) in [5, 5.41) is 3.36. The van der Waals surface area contributed by atoms with E-state index in [0.29, 0.717) is 17.9 Å². The summed E-state index contributed by atoms with van der Waals surface area (Å²) in [4.78, 5) is 0.245. The van der Waals surface area contributed by atoms with Gasteiger partial charge in [-0.2, -0.15) is 13.2 Å². The van der Waals surface area contributed by atoms with Crippen LogP contribution < -0.4 is 14.2 Å². The van der Waals surface area contributed by atoms with Crippen LogP contribution in [0, 0.1) is 0 Å². The Morgan fingerprint density at radius 3 is 2.47 bits per heavy atom. The summed E-state index contributed by atoms with van der Waals surface area (Å²) in [6.07, 6.45) is -4.26. The molecule has 0 fully saturated rings. The molecular formula is C18H17F3N2O5S2. The average Bonchev–Trinajstić information content (AvgIpc) is 3.37. The number of hydrogen-bond donors (Lipinski definition) is 1. The largest absolute Gasteiger partial charge is 0.493 e. The van der Waals surface area contributed by atoms with Gasteiger partial charge in [0.2, 0.25) is 15.8 Å². The molecule has 0 unspecified atom stereocenters. The smallest absolute Gasteiger partial charge is 0.452 e. The summed E-state index contributed by atoms with van der Waals surface area (Å²) in [6, 6.07) is 8.68. The minimum absolute atomic E-state index is 0.0404. The van der Waals surface area contributed by atoms with Crippen molar-refractivity contribution in [3.05, 3.63) is 47.7 Å². The van der Waals surface area contributed by atoms with Crippen LogP contribution in [0.5, 0.6) is 11.5 Å². The van der Waals surface area contributed by atoms with E-state index in [1.54, 1.807) is 18.2 Å². The van der Waals surface area contributed by atoms with Crippen molar-refractivity contribution in [3.63, 3.8) is 0 Å². The molecule has 0 radical (unpaired) electrons. The number of sulfonamides is 1. The molecule has 3 rings (SSSR count). The van der Waals surface area contributed by atoms with Crippen LogP contribution in [0.25, 0.3) is 10.6 Å². The quantitative estimate of drug-likeness (QED) is 0.545. The van der Waals surface area contributed by atoms with E-state index in [9.17, 15) is 21.6 Å². The molecule has 0 atom stereocenters. The van der Waals surface area contributed by atoms with Gasteiger partial charge in [-0.05, 0) is 36.2 Å². The van der Waals surface area contributed by atoms with Gasteiger partial charge >= 0.3 is 6.18 Å². The normalized spacial score (nSPS) is 12.2. The first kappa shape index (κ1) is 22.1. The molecule has 30 heavy (non-hydrogen) atoms. The number of nitrogens with zero attached hydrogens (tertiary/aromatic N) is 1. The molecule has 0 amide bonds. The number of hydrogen-bond acceptors (Lipinski definition) is 7. The number of alkyl halides is 3. The van der Waals surface area contributed by atoms with Crippen molar-refractivity contribution in [1.82, 2.24) is 9.88 Å². The van der Waals surface area contributed by atoms with Crippen LogP contribution in [0.1, 0.15) is 11.3 Å². The molecule has 0 spiro atoms. The van der Waals surface area contributed by atoms with Gasteiger partial charge < -0.3 is 14.0 Å². The van der Waals surface area contributed by atoms with Gasteiger partial charge in [-0.3, -0.25) is 0 Å². The highest BCUT2D eigenvalue weighted by atomic mass is 32.2. The molecule has 7 nitrogen and oxygen atoms in total. The number of methoxy groups -OCH3 is 2. The Bertz CT molecular complexity index is 1120. The van der Waals surface area contributed by atoms with Gasteiger partial charge in [-0.25, -0.2) is 13.1 Å². The van der Waals surface area contributed by atoms with E-state index in [0.717, 1.165) is 23.0 Å². The van der Waals surface area contributed by atoms with Crippen LogP contribution in [0.15, 0.2) is 45.1 Å². The van der Waals surface area contributed by atoms with Gasteiger partial charge in [0.1, 0.15) is 9.90 Å². The number of rotatable bonds is 8. The van der Waals surface area contributed by atoms with E-state index in [2.05, 4.69) is 14.4 Å². The van der Waals surface area contributed by atoms with Gasteiger partial charge in [0, 0.05) is 12.6 Å². The van der Waals surface area contributed by atoms with Crippen molar-refractivity contribution in [1.29, 1.82) is 0 Å². The Balaban J connectivity index is 1.66. The Morgan fingerprint density at radius 2 is 1.83 bits per heavy atom. The highest BCUT2D eigenvalue weighted by molar-refractivity contribution is 7.91. The summed E-state index contributed by atoms with van der Waals surface area (Å²) in [6.45, 7) is 0.118. The molecule has 2 heterocycles. The van der Waals surface area contributed by atoms with Gasteiger partial charge in [0.25, 0.3) is 0 Å². The van der Waals surface area contributed by atoms with Crippen molar-refractivity contribution in [2.45, 2.75) is 16.8 Å². The van der Waals surface area contributed by atoms with E-state index in [1.807, 2.05) is 0 Å². The first-order valence-corrected chi connectivity index (χ1v) is 10.8. The lowest BCUT2D eigenvalue weighted by atomic mass is 10.1. The zero-order valence-corrected chi connectivity index (χ0v) is 17.5. The minimum atomic E-state index is -4.66. The highest BCUT2D eigenvalue weighted by Crippen LogP contribution is 2.35. The van der Waals surface area contributed by atoms with Crippen molar-refractivity contribution in [2.75, 3.05) is 20.8 Å². The standard InChI is InChI=1S/C18H17F3N2O5S2/c1-26-13-4-3-11(9-14(13)27-2)7-8-22-30(24,25)17-6-5-15(29-17)12-10-16(28-23-12)18(19,20)21/h3-6,9-10,22H,7-8H2,1-2H3. The summed E-state index contributed by atoms with van der Waals surface area (Å²) >= 11 is 0.797. The first-order chi connectivity index (χ1) is 14.1. The van der Waals surface area contributed by atoms with Gasteiger partial charge in [-0.15, -0.1) is 11.3 Å². The molecule has 0 aliphatic carbocycles. The minimum Gasteiger partial charge on any atom is -0.493 e. The summed E-state index contributed by atoms with van der Waals surface area (Å²) in [5.74, 6) is -0.149. The van der Waals surface area contributed by atoms with E-state index >= 15 is 0 Å². The van der Waals surface area contributed by atoms with Gasteiger partial charge in [0.05, 0.1) is 19.1 Å². The third-order valence-electron chi connectivity index (χ3n) is 4.04. The Kier molecular flexibility index (Phi) is 6.38. The number of aromatic nitrogens is 1. The van der Waals surface area contributed by atoms with Crippen LogP contribution in [-0.2, 0) is 22.6 Å². The molecule has 0 aliphatic rings. The zero-order chi connectivity index (χ0) is 21.9. The number of ether oxygens (including phenoxy) is 2. The molecular weight excluding hydrogens is 445 g/mol. The highest BCUT2D eigenvalue weighted by Gasteiger charge is 2.36. The van der Waals surface area contributed by atoms with Crippen LogP contribution in [0.2, 0.25) is 0 Å². The van der Waals surface area contributed by atoms with Crippen LogP contribution in [0.3, 0.4) is 0 Å². The molecule has 0 aliphatic heterocycles. The number of halogens is 3. The van der Waals surface area contributed by atoms with Gasteiger partial charge in [0.15, 0.2) is 11.5 Å². The second-order valence-electron chi connectivity index (χ2n) is 6.03. The maximum Gasteiger partial charge on any atom is 0.452 e. The third-order valence-corrected chi connectivity index (χ3v) is 7.10. The van der Waals surface area contributed by atoms with Crippen molar-refractivity contribution in [2.24, 2.45) is 0 Å². The molecule has 2 aromatic heterocycles. The molecule has 0 bridgehead atoms. The van der Waals surface area contributed by atoms with Crippen LogP contribution in [0.4, 0.5) is 13.2 Å². The fourth-order valence-electron chi connectivity index (χ4n) is 2.56. The molecule has 12 heteroatoms. The summed E-state index contributed by atoms with van der Waals surface area (Å²) in [5.41, 5.74) is 0.753. The molecule has 3 aromatic rings. The van der Waals surface area contributed by atoms with Crippen molar-refractivity contribution < 1.29 is 35.6 Å². The van der Waals surface area contributed by atoms with E-state index in [1.165, 1.54) is 26.4 Å². The van der Waals surface area contributed by atoms with Crippen molar-refractivity contribution >= 4 is 21.4 Å². The maximum atomic E-state index is 12.6. The van der Waals surface area contributed by atoms with Gasteiger partial charge in [-0.1, -0.05) is 11.2 Å². The number of benzene rings is 1. The molecule has 0 saturated heterocycles. The van der Waals surface area contributed by atoms with E-state index < -0.39 is 22.0 Å². The molecule has 1 aromatic carbocycles. The van der Waals surface area contributed by atoms with E-state index in [4.69, 9.17) is 9.47 Å². The fraction of sp³-hybridized carbons (Fsp3) is 0.278. The monoisotopic (exact) mass is 462 g/mol. The zero-order valence-electron chi connectivity index (χ0n) is 15.8. The fourth-order valence-corrected chi connectivity index (χ4v) is 4.90. The average molecular weight is 462 g/mol. The lowest BCUT2D eigenvalue weighted by Crippen LogP contribution is -2.25. The Morgan fingerprint density at radius 1 is 1.10 bits per heavy atom. The maximum absolute atomic E-state index is 12.6. The van der Waals surface area contributed by atoms with Crippen molar-refractivity contribution in [3.8, 4) is 22.1 Å². The Hall–Kier alpha value is -2.57. The summed E-state index contributed by atoms with van der Waals surface area (Å²) in [7, 11) is -0.813. The second kappa shape index (κ2) is 8.66. The Labute approximate surface area is 174 Å². The molecule has 162 valence electrons. The van der Waals surface area contributed by atoms with E-state index in [-0.39, 0.29) is 21.3 Å². The SMILES string of the molecule is COc1ccc(CCNS(=O)(=O)c2ccc(-c3cc(C(F)(F)F)on3)s2)cc1OC. The molecule has 1 N–H and O–H groups in total. The number of thiophene rings is 1. The topological polar surface area (TPSA) is 90.7 Å². The lowest BCUT2D eigenvalue weighted by molar-refractivity contribution is -0.155. The van der Waals surface area contributed by atoms with Crippen LogP contribution >= 0.6 is 11.3 Å². The first-order valence-electron chi connectivity index (χ1n) is 8.49. The summed E-state index contributed by atoms with van der Waals surface area (Å²) < 4.78 is 79.9. The second-order valence-corrected chi connectivity index (χ2v) is 9.11. The predicted octanol–water partition coefficient (Wildman–Crippen LogP) is 3.96. The predicted molar refractivity (Wildman–Crippen MR) is 103 cm³/mol.